The Bertz CT molecular complexity index is 599. The SMILES string of the molecule is Cc1cc(C(O)c2ccc(C3CCC3)cc2)ccc1Br. The highest BCUT2D eigenvalue weighted by atomic mass is 79.9. The minimum absolute atomic E-state index is 0.544. The molecule has 1 nitrogen and oxygen atoms in total. The number of halogens is 1. The first-order valence-electron chi connectivity index (χ1n) is 7.19. The summed E-state index contributed by atoms with van der Waals surface area (Å²) in [4.78, 5) is 0. The molecule has 0 radical (unpaired) electrons. The average Bonchev–Trinajstić information content (AvgIpc) is 2.40. The van der Waals surface area contributed by atoms with Crippen molar-refractivity contribution in [2.75, 3.05) is 0 Å². The van der Waals surface area contributed by atoms with Crippen LogP contribution in [0, 0.1) is 6.92 Å². The van der Waals surface area contributed by atoms with Crippen LogP contribution in [0.1, 0.15) is 53.5 Å². The van der Waals surface area contributed by atoms with Crippen molar-refractivity contribution in [2.45, 2.75) is 38.2 Å². The molecular weight excluding hydrogens is 312 g/mol. The maximum Gasteiger partial charge on any atom is 0.104 e. The van der Waals surface area contributed by atoms with E-state index in [1.165, 1.54) is 24.8 Å². The molecule has 1 aliphatic carbocycles. The topological polar surface area (TPSA) is 20.2 Å². The quantitative estimate of drug-likeness (QED) is 0.829. The minimum Gasteiger partial charge on any atom is -0.384 e. The zero-order valence-corrected chi connectivity index (χ0v) is 13.2. The molecule has 2 aromatic rings. The molecule has 1 aliphatic rings. The van der Waals surface area contributed by atoms with Crippen molar-refractivity contribution in [2.24, 2.45) is 0 Å². The van der Waals surface area contributed by atoms with Gasteiger partial charge in [-0.05, 0) is 54.0 Å². The number of hydrogen-bond acceptors (Lipinski definition) is 1. The van der Waals surface area contributed by atoms with E-state index in [0.29, 0.717) is 0 Å². The van der Waals surface area contributed by atoms with Gasteiger partial charge in [0.25, 0.3) is 0 Å². The molecule has 1 fully saturated rings. The zero-order valence-electron chi connectivity index (χ0n) is 11.6. The van der Waals surface area contributed by atoms with E-state index in [2.05, 4.69) is 40.2 Å². The van der Waals surface area contributed by atoms with E-state index >= 15 is 0 Å². The summed E-state index contributed by atoms with van der Waals surface area (Å²) in [6, 6.07) is 14.5. The van der Waals surface area contributed by atoms with Gasteiger partial charge in [-0.15, -0.1) is 0 Å². The molecule has 3 rings (SSSR count). The third-order valence-electron chi connectivity index (χ3n) is 4.33. The summed E-state index contributed by atoms with van der Waals surface area (Å²) in [5.74, 6) is 0.746. The highest BCUT2D eigenvalue weighted by Crippen LogP contribution is 2.37. The van der Waals surface area contributed by atoms with Crippen molar-refractivity contribution >= 4 is 15.9 Å². The fourth-order valence-electron chi connectivity index (χ4n) is 2.72. The largest absolute Gasteiger partial charge is 0.384 e. The highest BCUT2D eigenvalue weighted by molar-refractivity contribution is 9.10. The summed E-state index contributed by atoms with van der Waals surface area (Å²) in [5, 5.41) is 10.5. The van der Waals surface area contributed by atoms with Crippen LogP contribution in [0.25, 0.3) is 0 Å². The molecule has 20 heavy (non-hydrogen) atoms. The number of aryl methyl sites for hydroxylation is 1. The van der Waals surface area contributed by atoms with Crippen LogP contribution < -0.4 is 0 Å². The second kappa shape index (κ2) is 5.71. The minimum atomic E-state index is -0.544. The van der Waals surface area contributed by atoms with Gasteiger partial charge in [-0.1, -0.05) is 58.7 Å². The summed E-state index contributed by atoms with van der Waals surface area (Å²) in [7, 11) is 0. The van der Waals surface area contributed by atoms with Gasteiger partial charge in [0.2, 0.25) is 0 Å². The maximum absolute atomic E-state index is 10.5. The summed E-state index contributed by atoms with van der Waals surface area (Å²) in [5.41, 5.74) is 4.48. The standard InChI is InChI=1S/C18H19BrO/c1-12-11-16(9-10-17(12)19)18(20)15-7-5-14(6-8-15)13-3-2-4-13/h5-11,13,18,20H,2-4H2,1H3. The molecule has 2 heteroatoms. The zero-order chi connectivity index (χ0) is 14.1. The van der Waals surface area contributed by atoms with Crippen molar-refractivity contribution in [1.82, 2.24) is 0 Å². The molecule has 0 saturated heterocycles. The Labute approximate surface area is 128 Å². The van der Waals surface area contributed by atoms with Crippen LogP contribution in [0.15, 0.2) is 46.9 Å². The number of hydrogen-bond donors (Lipinski definition) is 1. The Kier molecular flexibility index (Phi) is 3.95. The van der Waals surface area contributed by atoms with Gasteiger partial charge in [0.1, 0.15) is 6.10 Å². The second-order valence-corrected chi connectivity index (χ2v) is 6.56. The maximum atomic E-state index is 10.5. The molecular formula is C18H19BrO. The van der Waals surface area contributed by atoms with Gasteiger partial charge in [-0.3, -0.25) is 0 Å². The lowest BCUT2D eigenvalue weighted by Gasteiger charge is -2.26. The Morgan fingerprint density at radius 1 is 1.05 bits per heavy atom. The van der Waals surface area contributed by atoms with Crippen molar-refractivity contribution in [3.05, 3.63) is 69.2 Å². The predicted molar refractivity (Wildman–Crippen MR) is 86.0 cm³/mol. The Morgan fingerprint density at radius 2 is 1.70 bits per heavy atom. The first-order chi connectivity index (χ1) is 9.65. The molecule has 0 aromatic heterocycles. The third kappa shape index (κ3) is 2.68. The van der Waals surface area contributed by atoms with Gasteiger partial charge in [0.05, 0.1) is 0 Å². The third-order valence-corrected chi connectivity index (χ3v) is 5.22. The first kappa shape index (κ1) is 13.8. The molecule has 1 unspecified atom stereocenters. The van der Waals surface area contributed by atoms with E-state index in [-0.39, 0.29) is 0 Å². The summed E-state index contributed by atoms with van der Waals surface area (Å²) < 4.78 is 1.08. The van der Waals surface area contributed by atoms with Gasteiger partial charge in [-0.25, -0.2) is 0 Å². The first-order valence-corrected chi connectivity index (χ1v) is 7.98. The van der Waals surface area contributed by atoms with Crippen LogP contribution >= 0.6 is 15.9 Å². The van der Waals surface area contributed by atoms with E-state index in [0.717, 1.165) is 27.1 Å². The normalized spacial score (nSPS) is 16.8. The van der Waals surface area contributed by atoms with Gasteiger partial charge in [-0.2, -0.15) is 0 Å². The molecule has 104 valence electrons. The van der Waals surface area contributed by atoms with E-state index in [1.807, 2.05) is 25.1 Å². The molecule has 1 N–H and O–H groups in total. The monoisotopic (exact) mass is 330 g/mol. The van der Waals surface area contributed by atoms with Gasteiger partial charge < -0.3 is 5.11 Å². The van der Waals surface area contributed by atoms with Crippen LogP contribution in [0.2, 0.25) is 0 Å². The second-order valence-electron chi connectivity index (χ2n) is 5.71. The van der Waals surface area contributed by atoms with Crippen molar-refractivity contribution in [3.8, 4) is 0 Å². The van der Waals surface area contributed by atoms with Crippen LogP contribution in [0.4, 0.5) is 0 Å². The number of benzene rings is 2. The van der Waals surface area contributed by atoms with Gasteiger partial charge in [0, 0.05) is 4.47 Å². The van der Waals surface area contributed by atoms with Gasteiger partial charge >= 0.3 is 0 Å². The molecule has 0 amide bonds. The molecule has 0 heterocycles. The molecule has 1 saturated carbocycles. The van der Waals surface area contributed by atoms with Crippen LogP contribution in [-0.2, 0) is 0 Å². The Hall–Kier alpha value is -1.12. The van der Waals surface area contributed by atoms with E-state index < -0.39 is 6.10 Å². The summed E-state index contributed by atoms with van der Waals surface area (Å²) in [6.07, 6.45) is 3.44. The number of aliphatic hydroxyl groups is 1. The fourth-order valence-corrected chi connectivity index (χ4v) is 2.97. The van der Waals surface area contributed by atoms with Crippen LogP contribution in [0.3, 0.4) is 0 Å². The lowest BCUT2D eigenvalue weighted by Crippen LogP contribution is -2.09. The van der Waals surface area contributed by atoms with E-state index in [4.69, 9.17) is 0 Å². The lowest BCUT2D eigenvalue weighted by atomic mass is 9.80. The molecule has 0 aliphatic heterocycles. The van der Waals surface area contributed by atoms with Gasteiger partial charge in [0.15, 0.2) is 0 Å². The van der Waals surface area contributed by atoms with Crippen molar-refractivity contribution < 1.29 is 5.11 Å². The summed E-state index contributed by atoms with van der Waals surface area (Å²) in [6.45, 7) is 2.04. The highest BCUT2D eigenvalue weighted by Gasteiger charge is 2.19. The number of rotatable bonds is 3. The summed E-state index contributed by atoms with van der Waals surface area (Å²) >= 11 is 3.49. The van der Waals surface area contributed by atoms with E-state index in [1.54, 1.807) is 0 Å². The van der Waals surface area contributed by atoms with Crippen LogP contribution in [0.5, 0.6) is 0 Å². The molecule has 0 spiro atoms. The smallest absolute Gasteiger partial charge is 0.104 e. The fraction of sp³-hybridized carbons (Fsp3) is 0.333. The average molecular weight is 331 g/mol. The lowest BCUT2D eigenvalue weighted by molar-refractivity contribution is 0.220. The van der Waals surface area contributed by atoms with Crippen molar-refractivity contribution in [3.63, 3.8) is 0 Å². The van der Waals surface area contributed by atoms with Crippen molar-refractivity contribution in [1.29, 1.82) is 0 Å². The Morgan fingerprint density at radius 3 is 2.25 bits per heavy atom. The van der Waals surface area contributed by atoms with E-state index in [9.17, 15) is 5.11 Å². The molecule has 0 bridgehead atoms. The van der Waals surface area contributed by atoms with Crippen LogP contribution in [-0.4, -0.2) is 5.11 Å². The molecule has 2 aromatic carbocycles. The molecule has 1 atom stereocenters. The number of aliphatic hydroxyl groups excluding tert-OH is 1. The Balaban J connectivity index is 1.82. The predicted octanol–water partition coefficient (Wildman–Crippen LogP) is 5.11.